The summed E-state index contributed by atoms with van der Waals surface area (Å²) in [6, 6.07) is 12.6. The molecule has 1 radical (unpaired) electrons. The van der Waals surface area contributed by atoms with Gasteiger partial charge in [0.05, 0.1) is 17.8 Å². The fourth-order valence-electron chi connectivity index (χ4n) is 2.34. The molecule has 0 spiro atoms. The zero-order valence-electron chi connectivity index (χ0n) is 17.5. The van der Waals surface area contributed by atoms with Crippen LogP contribution in [0.4, 0.5) is 5.69 Å². The van der Waals surface area contributed by atoms with Crippen molar-refractivity contribution in [1.29, 1.82) is 0 Å². The molecule has 0 aliphatic carbocycles. The molecule has 2 aromatic carbocycles. The number of rotatable bonds is 8. The summed E-state index contributed by atoms with van der Waals surface area (Å²) in [5.41, 5.74) is 1.21. The van der Waals surface area contributed by atoms with E-state index in [0.717, 1.165) is 16.8 Å². The van der Waals surface area contributed by atoms with Gasteiger partial charge in [-0.3, -0.25) is 4.79 Å². The quantitative estimate of drug-likeness (QED) is 0.687. The van der Waals surface area contributed by atoms with E-state index in [2.05, 4.69) is 5.32 Å². The van der Waals surface area contributed by atoms with Crippen molar-refractivity contribution in [3.8, 4) is 5.75 Å². The average molecular weight is 382 g/mol. The van der Waals surface area contributed by atoms with E-state index < -0.39 is 11.2 Å². The van der Waals surface area contributed by atoms with Gasteiger partial charge in [0, 0.05) is 11.3 Å². The van der Waals surface area contributed by atoms with E-state index in [4.69, 9.17) is 9.39 Å². The maximum absolute atomic E-state index is 12.6. The number of hydrogen-bond donors (Lipinski definition) is 2. The van der Waals surface area contributed by atoms with Crippen molar-refractivity contribution in [1.82, 2.24) is 0 Å². The van der Waals surface area contributed by atoms with E-state index in [9.17, 15) is 9.90 Å². The first-order chi connectivity index (χ1) is 13.0. The minimum atomic E-state index is -1.00. The molecule has 0 fully saturated rings. The van der Waals surface area contributed by atoms with Crippen LogP contribution in [0.15, 0.2) is 42.5 Å². The first kappa shape index (κ1) is 22.0. The van der Waals surface area contributed by atoms with Gasteiger partial charge in [-0.2, -0.15) is 0 Å². The van der Waals surface area contributed by atoms with E-state index in [1.54, 1.807) is 45.6 Å². The number of nitrogens with one attached hydrogen (secondary N) is 1. The molecule has 2 N–H and O–H groups in total. The fraction of sp³-hybridized carbons (Fsp3) is 0.409. The second kappa shape index (κ2) is 8.80. The predicted molar refractivity (Wildman–Crippen MR) is 114 cm³/mol. The van der Waals surface area contributed by atoms with Crippen LogP contribution in [0.25, 0.3) is 0 Å². The van der Waals surface area contributed by atoms with Crippen molar-refractivity contribution >= 4 is 24.5 Å². The van der Waals surface area contributed by atoms with Gasteiger partial charge in [0.15, 0.2) is 0 Å². The van der Waals surface area contributed by atoms with Crippen LogP contribution in [-0.4, -0.2) is 36.3 Å². The Morgan fingerprint density at radius 1 is 1.11 bits per heavy atom. The van der Waals surface area contributed by atoms with Crippen LogP contribution in [0.5, 0.6) is 5.75 Å². The molecule has 5 nitrogen and oxygen atoms in total. The third-order valence-corrected chi connectivity index (χ3v) is 5.01. The van der Waals surface area contributed by atoms with E-state index in [1.165, 1.54) is 0 Å². The zero-order chi connectivity index (χ0) is 20.9. The van der Waals surface area contributed by atoms with Crippen LogP contribution in [0.1, 0.15) is 50.5 Å². The van der Waals surface area contributed by atoms with Crippen molar-refractivity contribution in [2.75, 3.05) is 11.9 Å². The normalized spacial score (nSPS) is 11.8. The SMILES string of the molecule is CCOc1ccc(C(=O)Nc2cccc([B]OC(C)(C)C(C)(C)O)c2C)cc1. The number of hydrogen-bond acceptors (Lipinski definition) is 4. The van der Waals surface area contributed by atoms with Gasteiger partial charge < -0.3 is 19.8 Å². The fourth-order valence-corrected chi connectivity index (χ4v) is 2.34. The Morgan fingerprint density at radius 3 is 2.32 bits per heavy atom. The minimum Gasteiger partial charge on any atom is -0.494 e. The molecule has 1 amide bonds. The number of ether oxygens (including phenoxy) is 1. The average Bonchev–Trinajstić information content (AvgIpc) is 2.62. The highest BCUT2D eigenvalue weighted by Gasteiger charge is 2.35. The second-order valence-electron chi connectivity index (χ2n) is 7.74. The van der Waals surface area contributed by atoms with Crippen molar-refractivity contribution in [2.24, 2.45) is 0 Å². The highest BCUT2D eigenvalue weighted by atomic mass is 16.5. The van der Waals surface area contributed by atoms with Gasteiger partial charge in [-0.1, -0.05) is 12.1 Å². The van der Waals surface area contributed by atoms with Crippen LogP contribution in [0.3, 0.4) is 0 Å². The molecule has 0 heterocycles. The lowest BCUT2D eigenvalue weighted by Gasteiger charge is -2.37. The Hall–Kier alpha value is -2.31. The Kier molecular flexibility index (Phi) is 6.91. The Labute approximate surface area is 168 Å². The highest BCUT2D eigenvalue weighted by Crippen LogP contribution is 2.24. The minimum absolute atomic E-state index is 0.193. The number of carbonyl (C=O) groups is 1. The number of carbonyl (C=O) groups excluding carboxylic acids is 1. The number of amides is 1. The molecule has 28 heavy (non-hydrogen) atoms. The molecule has 0 aromatic heterocycles. The highest BCUT2D eigenvalue weighted by molar-refractivity contribution is 6.48. The summed E-state index contributed by atoms with van der Waals surface area (Å²) >= 11 is 0. The lowest BCUT2D eigenvalue weighted by atomic mass is 9.80. The van der Waals surface area contributed by atoms with Crippen molar-refractivity contribution < 1.29 is 19.3 Å². The first-order valence-corrected chi connectivity index (χ1v) is 9.42. The lowest BCUT2D eigenvalue weighted by molar-refractivity contribution is -0.0893. The third kappa shape index (κ3) is 5.36. The summed E-state index contributed by atoms with van der Waals surface area (Å²) in [6.07, 6.45) is 0. The standard InChI is InChI=1S/C22H29BNO4/c1-7-27-17-13-11-16(12-14-17)20(25)24-19-10-8-9-18(15(19)2)23-28-22(5,6)21(3,4)26/h8-14,26H,7H2,1-6H3,(H,24,25). The van der Waals surface area contributed by atoms with E-state index in [0.29, 0.717) is 17.9 Å². The Morgan fingerprint density at radius 2 is 1.75 bits per heavy atom. The summed E-state index contributed by atoms with van der Waals surface area (Å²) in [4.78, 5) is 12.6. The van der Waals surface area contributed by atoms with Gasteiger partial charge >= 0.3 is 7.48 Å². The van der Waals surface area contributed by atoms with E-state index in [-0.39, 0.29) is 5.91 Å². The van der Waals surface area contributed by atoms with Crippen molar-refractivity contribution in [2.45, 2.75) is 52.7 Å². The van der Waals surface area contributed by atoms with Gasteiger partial charge in [-0.05, 0) is 82.9 Å². The monoisotopic (exact) mass is 382 g/mol. The van der Waals surface area contributed by atoms with Gasteiger partial charge in [0.1, 0.15) is 5.75 Å². The van der Waals surface area contributed by atoms with Gasteiger partial charge in [-0.25, -0.2) is 0 Å². The van der Waals surface area contributed by atoms with Crippen molar-refractivity contribution in [3.63, 3.8) is 0 Å². The molecule has 0 saturated heterocycles. The molecule has 6 heteroatoms. The number of benzene rings is 2. The topological polar surface area (TPSA) is 67.8 Å². The largest absolute Gasteiger partial charge is 0.494 e. The molecule has 0 bridgehead atoms. The van der Waals surface area contributed by atoms with Crippen LogP contribution in [0, 0.1) is 6.92 Å². The van der Waals surface area contributed by atoms with Crippen molar-refractivity contribution in [3.05, 3.63) is 53.6 Å². The summed E-state index contributed by atoms with van der Waals surface area (Å²) in [5.74, 6) is 0.541. The lowest BCUT2D eigenvalue weighted by Crippen LogP contribution is -2.49. The maximum Gasteiger partial charge on any atom is 0.331 e. The van der Waals surface area contributed by atoms with E-state index in [1.807, 2.05) is 45.9 Å². The predicted octanol–water partition coefficient (Wildman–Crippen LogP) is 3.46. The number of anilines is 1. The maximum atomic E-state index is 12.6. The summed E-state index contributed by atoms with van der Waals surface area (Å²) in [5, 5.41) is 13.2. The van der Waals surface area contributed by atoms with Gasteiger partial charge in [0.25, 0.3) is 5.91 Å². The molecule has 0 aliphatic rings. The van der Waals surface area contributed by atoms with Gasteiger partial charge in [0.2, 0.25) is 0 Å². The molecule has 2 rings (SSSR count). The smallest absolute Gasteiger partial charge is 0.331 e. The molecule has 0 atom stereocenters. The van der Waals surface area contributed by atoms with Crippen LogP contribution in [0.2, 0.25) is 0 Å². The second-order valence-corrected chi connectivity index (χ2v) is 7.74. The molecular weight excluding hydrogens is 353 g/mol. The zero-order valence-corrected chi connectivity index (χ0v) is 17.5. The number of aliphatic hydroxyl groups is 1. The van der Waals surface area contributed by atoms with Gasteiger partial charge in [-0.15, -0.1) is 0 Å². The van der Waals surface area contributed by atoms with E-state index >= 15 is 0 Å². The van der Waals surface area contributed by atoms with Crippen LogP contribution < -0.4 is 15.5 Å². The summed E-state index contributed by atoms with van der Waals surface area (Å²) in [7, 11) is 1.62. The molecule has 0 aliphatic heterocycles. The Balaban J connectivity index is 2.10. The van der Waals surface area contributed by atoms with Crippen LogP contribution in [-0.2, 0) is 4.65 Å². The summed E-state index contributed by atoms with van der Waals surface area (Å²) < 4.78 is 11.2. The molecule has 0 unspecified atom stereocenters. The molecule has 0 saturated carbocycles. The third-order valence-electron chi connectivity index (χ3n) is 5.01. The molecule has 149 valence electrons. The molecule has 2 aromatic rings. The first-order valence-electron chi connectivity index (χ1n) is 9.42. The summed E-state index contributed by atoms with van der Waals surface area (Å²) in [6.45, 7) is 11.5. The molecular formula is C22H29BNO4. The Bertz CT molecular complexity index is 810. The van der Waals surface area contributed by atoms with Crippen LogP contribution >= 0.6 is 0 Å².